The Bertz CT molecular complexity index is 659. The lowest BCUT2D eigenvalue weighted by Gasteiger charge is -2.15. The Morgan fingerprint density at radius 1 is 1.40 bits per heavy atom. The molecule has 0 aliphatic heterocycles. The largest absolute Gasteiger partial charge is 0.449 e. The van der Waals surface area contributed by atoms with Crippen LogP contribution in [-0.4, -0.2) is 49.2 Å². The Hall–Kier alpha value is -2.68. The number of nitro benzene ring substituents is 1. The Morgan fingerprint density at radius 2 is 2.12 bits per heavy atom. The number of non-ortho nitro benzene ring substituents is 1. The lowest BCUT2D eigenvalue weighted by atomic mass is 10.1. The smallest absolute Gasteiger partial charge is 0.341 e. The third-order valence-corrected chi connectivity index (χ3v) is 3.63. The fourth-order valence-electron chi connectivity index (χ4n) is 2.08. The van der Waals surface area contributed by atoms with Gasteiger partial charge in [0.2, 0.25) is 0 Å². The number of nitrogens with one attached hydrogen (secondary N) is 2. The van der Waals surface area contributed by atoms with E-state index in [0.29, 0.717) is 18.8 Å². The summed E-state index contributed by atoms with van der Waals surface area (Å²) in [7, 11) is 1.53. The minimum absolute atomic E-state index is 0.00336. The lowest BCUT2D eigenvalue weighted by molar-refractivity contribution is -0.384. The van der Waals surface area contributed by atoms with Gasteiger partial charge >= 0.3 is 5.97 Å². The molecule has 1 aliphatic rings. The van der Waals surface area contributed by atoms with Gasteiger partial charge in [0, 0.05) is 37.5 Å². The molecule has 1 amide bonds. The zero-order chi connectivity index (χ0) is 18.4. The molecule has 1 saturated carbocycles. The summed E-state index contributed by atoms with van der Waals surface area (Å²) in [6, 6.07) is 4.00. The van der Waals surface area contributed by atoms with E-state index in [9.17, 15) is 19.7 Å². The summed E-state index contributed by atoms with van der Waals surface area (Å²) in [5.74, 6) is -1.18. The second-order valence-corrected chi connectivity index (χ2v) is 5.74. The van der Waals surface area contributed by atoms with Crippen molar-refractivity contribution in [2.24, 2.45) is 0 Å². The molecule has 0 spiro atoms. The van der Waals surface area contributed by atoms with E-state index in [-0.39, 0.29) is 23.2 Å². The summed E-state index contributed by atoms with van der Waals surface area (Å²) in [5, 5.41) is 16.7. The predicted octanol–water partition coefficient (Wildman–Crippen LogP) is 1.48. The second kappa shape index (κ2) is 8.43. The maximum atomic E-state index is 12.4. The molecule has 0 unspecified atom stereocenters. The third-order valence-electron chi connectivity index (χ3n) is 3.63. The molecule has 1 aliphatic carbocycles. The first kappa shape index (κ1) is 18.7. The van der Waals surface area contributed by atoms with Crippen LogP contribution in [0.5, 0.6) is 0 Å². The summed E-state index contributed by atoms with van der Waals surface area (Å²) in [4.78, 5) is 34.7. The first-order valence-corrected chi connectivity index (χ1v) is 7.95. The van der Waals surface area contributed by atoms with Gasteiger partial charge < -0.3 is 20.1 Å². The molecule has 0 radical (unpaired) electrons. The van der Waals surface area contributed by atoms with E-state index >= 15 is 0 Å². The Labute approximate surface area is 144 Å². The van der Waals surface area contributed by atoms with Crippen LogP contribution in [0.3, 0.4) is 0 Å². The topological polar surface area (TPSA) is 120 Å². The van der Waals surface area contributed by atoms with Crippen molar-refractivity contribution in [1.29, 1.82) is 0 Å². The van der Waals surface area contributed by atoms with Crippen LogP contribution < -0.4 is 10.6 Å². The van der Waals surface area contributed by atoms with Gasteiger partial charge in [0.15, 0.2) is 6.10 Å². The van der Waals surface area contributed by atoms with Gasteiger partial charge in [0.25, 0.3) is 11.6 Å². The van der Waals surface area contributed by atoms with Gasteiger partial charge in [-0.2, -0.15) is 0 Å². The van der Waals surface area contributed by atoms with Crippen molar-refractivity contribution in [2.75, 3.05) is 25.6 Å². The molecule has 136 valence electrons. The molecule has 0 saturated heterocycles. The molecule has 25 heavy (non-hydrogen) atoms. The number of amides is 1. The number of rotatable bonds is 9. The molecule has 1 fully saturated rings. The van der Waals surface area contributed by atoms with Crippen LogP contribution in [0, 0.1) is 10.1 Å². The monoisotopic (exact) mass is 351 g/mol. The van der Waals surface area contributed by atoms with Crippen molar-refractivity contribution in [1.82, 2.24) is 5.32 Å². The first-order valence-electron chi connectivity index (χ1n) is 7.95. The molecule has 9 nitrogen and oxygen atoms in total. The number of carbonyl (C=O) groups excluding carboxylic acids is 2. The lowest BCUT2D eigenvalue weighted by Crippen LogP contribution is -2.37. The molecule has 1 aromatic carbocycles. The van der Waals surface area contributed by atoms with Gasteiger partial charge in [-0.25, -0.2) is 4.79 Å². The number of ether oxygens (including phenoxy) is 2. The van der Waals surface area contributed by atoms with Crippen molar-refractivity contribution < 1.29 is 24.0 Å². The van der Waals surface area contributed by atoms with Gasteiger partial charge in [-0.1, -0.05) is 0 Å². The van der Waals surface area contributed by atoms with Crippen molar-refractivity contribution in [3.05, 3.63) is 33.9 Å². The van der Waals surface area contributed by atoms with Gasteiger partial charge in [-0.15, -0.1) is 0 Å². The van der Waals surface area contributed by atoms with E-state index < -0.39 is 17.0 Å². The van der Waals surface area contributed by atoms with Crippen LogP contribution in [0.2, 0.25) is 0 Å². The molecule has 2 rings (SSSR count). The maximum Gasteiger partial charge on any atom is 0.341 e. The minimum atomic E-state index is -0.987. The van der Waals surface area contributed by atoms with E-state index in [4.69, 9.17) is 9.47 Å². The highest BCUT2D eigenvalue weighted by Crippen LogP contribution is 2.24. The number of hydrogen-bond acceptors (Lipinski definition) is 7. The van der Waals surface area contributed by atoms with E-state index in [1.807, 2.05) is 0 Å². The third kappa shape index (κ3) is 5.42. The first-order chi connectivity index (χ1) is 11.9. The highest BCUT2D eigenvalue weighted by atomic mass is 16.6. The molecular weight excluding hydrogens is 330 g/mol. The fourth-order valence-corrected chi connectivity index (χ4v) is 2.08. The van der Waals surface area contributed by atoms with Gasteiger partial charge in [0.1, 0.15) is 0 Å². The van der Waals surface area contributed by atoms with Gasteiger partial charge in [0.05, 0.1) is 17.1 Å². The Kier molecular flexibility index (Phi) is 6.29. The van der Waals surface area contributed by atoms with E-state index in [2.05, 4.69) is 10.6 Å². The number of methoxy groups -OCH3 is 1. The van der Waals surface area contributed by atoms with Crippen LogP contribution in [0.1, 0.15) is 30.1 Å². The highest BCUT2D eigenvalue weighted by Gasteiger charge is 2.28. The minimum Gasteiger partial charge on any atom is -0.449 e. The number of hydrogen-bond donors (Lipinski definition) is 2. The Morgan fingerprint density at radius 3 is 2.72 bits per heavy atom. The average molecular weight is 351 g/mol. The predicted molar refractivity (Wildman–Crippen MR) is 89.5 cm³/mol. The molecular formula is C16H21N3O6. The molecule has 0 heterocycles. The quantitative estimate of drug-likeness (QED) is 0.299. The van der Waals surface area contributed by atoms with Crippen LogP contribution in [0.25, 0.3) is 0 Å². The van der Waals surface area contributed by atoms with E-state index in [1.165, 1.54) is 26.2 Å². The normalized spacial score (nSPS) is 14.5. The summed E-state index contributed by atoms with van der Waals surface area (Å²) < 4.78 is 10.1. The van der Waals surface area contributed by atoms with Gasteiger partial charge in [-0.3, -0.25) is 14.9 Å². The van der Waals surface area contributed by atoms with Crippen molar-refractivity contribution in [2.45, 2.75) is 31.9 Å². The summed E-state index contributed by atoms with van der Waals surface area (Å²) in [5.41, 5.74) is 0.137. The maximum absolute atomic E-state index is 12.4. The number of benzene rings is 1. The van der Waals surface area contributed by atoms with E-state index in [1.54, 1.807) is 0 Å². The molecule has 2 N–H and O–H groups in total. The number of nitrogens with zero attached hydrogens (tertiary/aromatic N) is 1. The van der Waals surface area contributed by atoms with Crippen LogP contribution >= 0.6 is 0 Å². The molecule has 0 bridgehead atoms. The van der Waals surface area contributed by atoms with Crippen molar-refractivity contribution in [3.8, 4) is 0 Å². The van der Waals surface area contributed by atoms with E-state index in [0.717, 1.165) is 18.9 Å². The van der Waals surface area contributed by atoms with Crippen molar-refractivity contribution in [3.63, 3.8) is 0 Å². The van der Waals surface area contributed by atoms with Crippen molar-refractivity contribution >= 4 is 23.3 Å². The zero-order valence-electron chi connectivity index (χ0n) is 14.1. The van der Waals surface area contributed by atoms with Crippen LogP contribution in [-0.2, 0) is 14.3 Å². The SMILES string of the molecule is COCCNc1ccc([N+](=O)[O-])cc1C(=O)O[C@@H](C)C(=O)NC1CC1. The number of anilines is 1. The number of carbonyl (C=O) groups is 2. The van der Waals surface area contributed by atoms with Crippen LogP contribution in [0.15, 0.2) is 18.2 Å². The number of esters is 1. The molecule has 0 aromatic heterocycles. The molecule has 9 heteroatoms. The molecule has 1 atom stereocenters. The second-order valence-electron chi connectivity index (χ2n) is 5.74. The summed E-state index contributed by atoms with van der Waals surface area (Å²) >= 11 is 0. The standard InChI is InChI=1S/C16H21N3O6/c1-10(15(20)18-11-3-4-11)25-16(21)13-9-12(19(22)23)5-6-14(13)17-7-8-24-2/h5-6,9-11,17H,3-4,7-8H2,1-2H3,(H,18,20)/t10-/m0/s1. The summed E-state index contributed by atoms with van der Waals surface area (Å²) in [6.07, 6.45) is 0.856. The summed E-state index contributed by atoms with van der Waals surface area (Å²) in [6.45, 7) is 2.27. The van der Waals surface area contributed by atoms with Gasteiger partial charge in [-0.05, 0) is 25.8 Å². The molecule has 1 aromatic rings. The fraction of sp³-hybridized carbons (Fsp3) is 0.500. The zero-order valence-corrected chi connectivity index (χ0v) is 14.1. The Balaban J connectivity index is 2.11. The average Bonchev–Trinajstić information content (AvgIpc) is 3.38. The number of nitro groups is 1. The van der Waals surface area contributed by atoms with Crippen LogP contribution in [0.4, 0.5) is 11.4 Å². The highest BCUT2D eigenvalue weighted by molar-refractivity contribution is 5.98.